The van der Waals surface area contributed by atoms with Crippen molar-refractivity contribution in [2.45, 2.75) is 43.8 Å². The van der Waals surface area contributed by atoms with Gasteiger partial charge in [-0.2, -0.15) is 4.98 Å². The molecule has 164 valence electrons. The molecule has 6 rings (SSSR count). The first-order valence-corrected chi connectivity index (χ1v) is 10.8. The number of nitrogens with one attached hydrogen (secondary N) is 1. The summed E-state index contributed by atoms with van der Waals surface area (Å²) in [6.45, 7) is 0. The lowest BCUT2D eigenvalue weighted by atomic mass is 9.98. The molecule has 1 unspecified atom stereocenters. The first kappa shape index (κ1) is 19.4. The van der Waals surface area contributed by atoms with E-state index in [1.54, 1.807) is 22.9 Å². The Hall–Kier alpha value is -3.33. The lowest BCUT2D eigenvalue weighted by Gasteiger charge is -2.36. The molecule has 5 heterocycles. The van der Waals surface area contributed by atoms with Crippen LogP contribution in [0.2, 0.25) is 0 Å². The zero-order valence-electron chi connectivity index (χ0n) is 17.5. The predicted octanol–water partition coefficient (Wildman–Crippen LogP) is 4.37. The van der Waals surface area contributed by atoms with Crippen molar-refractivity contribution in [2.24, 2.45) is 0 Å². The summed E-state index contributed by atoms with van der Waals surface area (Å²) in [6.07, 6.45) is 9.48. The fourth-order valence-electron chi connectivity index (χ4n) is 5.17. The van der Waals surface area contributed by atoms with Crippen LogP contribution in [0.4, 0.5) is 14.7 Å². The van der Waals surface area contributed by atoms with Crippen LogP contribution in [0.25, 0.3) is 28.5 Å². The Morgan fingerprint density at radius 2 is 1.91 bits per heavy atom. The fraction of sp³-hybridized carbons (Fsp3) is 0.348. The smallest absolute Gasteiger partial charge is 0.306 e. The van der Waals surface area contributed by atoms with E-state index in [9.17, 15) is 8.78 Å². The van der Waals surface area contributed by atoms with Crippen LogP contribution >= 0.6 is 0 Å². The molecule has 2 fully saturated rings. The molecule has 0 radical (unpaired) electrons. The normalized spacial score (nSPS) is 23.2. The number of rotatable bonds is 4. The quantitative estimate of drug-likeness (QED) is 0.512. The van der Waals surface area contributed by atoms with Crippen molar-refractivity contribution in [2.75, 3.05) is 12.4 Å². The molecule has 9 heteroatoms. The second-order valence-corrected chi connectivity index (χ2v) is 8.62. The topological polar surface area (TPSA) is 71.5 Å². The number of imidazole rings is 1. The van der Waals surface area contributed by atoms with Gasteiger partial charge in [-0.25, -0.2) is 18.7 Å². The number of oxazole rings is 1. The van der Waals surface area contributed by atoms with Gasteiger partial charge in [0.2, 0.25) is 5.95 Å². The summed E-state index contributed by atoms with van der Waals surface area (Å²) in [5.41, 5.74) is 1.66. The lowest BCUT2D eigenvalue weighted by molar-refractivity contribution is 0.168. The molecule has 1 aromatic carbocycles. The summed E-state index contributed by atoms with van der Waals surface area (Å²) in [5.74, 6) is -0.503. The van der Waals surface area contributed by atoms with Crippen molar-refractivity contribution in [1.29, 1.82) is 0 Å². The van der Waals surface area contributed by atoms with Gasteiger partial charge < -0.3 is 14.6 Å². The number of benzene rings is 1. The summed E-state index contributed by atoms with van der Waals surface area (Å²) in [5, 5.41) is 3.50. The molecule has 0 saturated carbocycles. The Balaban J connectivity index is 1.38. The van der Waals surface area contributed by atoms with Gasteiger partial charge in [0.25, 0.3) is 0 Å². The minimum Gasteiger partial charge on any atom is -0.432 e. The van der Waals surface area contributed by atoms with Gasteiger partial charge in [0.15, 0.2) is 0 Å². The van der Waals surface area contributed by atoms with Gasteiger partial charge in [0.05, 0.1) is 5.69 Å². The molecule has 2 aliphatic heterocycles. The summed E-state index contributed by atoms with van der Waals surface area (Å²) in [4.78, 5) is 16.1. The average molecular weight is 436 g/mol. The first-order chi connectivity index (χ1) is 15.6. The number of nitrogens with zero attached hydrogens (tertiary/aromatic N) is 5. The number of hydrogen-bond acceptors (Lipinski definition) is 6. The van der Waals surface area contributed by atoms with E-state index in [2.05, 4.69) is 27.2 Å². The maximum atomic E-state index is 14.6. The Morgan fingerprint density at radius 1 is 1.09 bits per heavy atom. The predicted molar refractivity (Wildman–Crippen MR) is 115 cm³/mol. The van der Waals surface area contributed by atoms with Crippen molar-refractivity contribution >= 4 is 11.8 Å². The minimum absolute atomic E-state index is 0.181. The van der Waals surface area contributed by atoms with Crippen LogP contribution < -0.4 is 5.32 Å². The van der Waals surface area contributed by atoms with Crippen molar-refractivity contribution in [3.63, 3.8) is 0 Å². The molecule has 3 atom stereocenters. The summed E-state index contributed by atoms with van der Waals surface area (Å²) in [7, 11) is 2.21. The van der Waals surface area contributed by atoms with E-state index in [4.69, 9.17) is 9.40 Å². The van der Waals surface area contributed by atoms with Gasteiger partial charge in [-0.05, 0) is 50.9 Å². The van der Waals surface area contributed by atoms with Gasteiger partial charge in [-0.3, -0.25) is 4.40 Å². The monoisotopic (exact) mass is 436 g/mol. The Kier molecular flexibility index (Phi) is 4.46. The first-order valence-electron chi connectivity index (χ1n) is 10.8. The molecule has 3 aromatic heterocycles. The SMILES string of the molecule is CN1[C@@H]2CC[C@H]1CC(Nc1nccc(-c3c(-c4ccc(F)cc4F)nc4occn34)n1)C2. The number of piperidine rings is 1. The molecule has 0 amide bonds. The second kappa shape index (κ2) is 7.37. The Bertz CT molecular complexity index is 1290. The molecule has 0 aliphatic carbocycles. The summed E-state index contributed by atoms with van der Waals surface area (Å²) in [6, 6.07) is 6.71. The lowest BCUT2D eigenvalue weighted by Crippen LogP contribution is -2.44. The van der Waals surface area contributed by atoms with Crippen LogP contribution in [0.3, 0.4) is 0 Å². The van der Waals surface area contributed by atoms with Gasteiger partial charge in [0.1, 0.15) is 29.3 Å². The molecule has 0 spiro atoms. The third-order valence-electron chi connectivity index (χ3n) is 6.78. The van der Waals surface area contributed by atoms with Crippen LogP contribution in [0.5, 0.6) is 0 Å². The van der Waals surface area contributed by atoms with Gasteiger partial charge in [0, 0.05) is 42.1 Å². The van der Waals surface area contributed by atoms with Crippen molar-refractivity contribution in [1.82, 2.24) is 24.3 Å². The van der Waals surface area contributed by atoms with Gasteiger partial charge in [-0.15, -0.1) is 0 Å². The molecular formula is C23H22F2N6O. The summed E-state index contributed by atoms with van der Waals surface area (Å²) >= 11 is 0. The highest BCUT2D eigenvalue weighted by Gasteiger charge is 2.38. The van der Waals surface area contributed by atoms with E-state index in [1.165, 1.54) is 31.2 Å². The van der Waals surface area contributed by atoms with Crippen molar-refractivity contribution in [3.8, 4) is 22.6 Å². The van der Waals surface area contributed by atoms with Crippen molar-refractivity contribution in [3.05, 3.63) is 54.6 Å². The summed E-state index contributed by atoms with van der Waals surface area (Å²) < 4.78 is 35.2. The molecular weight excluding hydrogens is 414 g/mol. The number of halogens is 2. The van der Waals surface area contributed by atoms with Gasteiger partial charge >= 0.3 is 5.84 Å². The Labute approximate surface area is 183 Å². The van der Waals surface area contributed by atoms with Gasteiger partial charge in [-0.1, -0.05) is 0 Å². The number of hydrogen-bond donors (Lipinski definition) is 1. The van der Waals surface area contributed by atoms with Crippen LogP contribution in [0.15, 0.2) is 47.3 Å². The third-order valence-corrected chi connectivity index (χ3v) is 6.78. The maximum absolute atomic E-state index is 14.6. The number of fused-ring (bicyclic) bond motifs is 3. The third kappa shape index (κ3) is 3.15. The largest absolute Gasteiger partial charge is 0.432 e. The zero-order valence-corrected chi connectivity index (χ0v) is 17.5. The molecule has 1 N–H and O–H groups in total. The standard InChI is InChI=1S/C23H22F2N6O/c1-30-15-3-4-16(30)12-14(11-15)27-22-26-7-6-19(28-22)21-20(29-23-31(21)8-9-32-23)17-5-2-13(24)10-18(17)25/h2,5-10,14-16H,3-4,11-12H2,1H3,(H,26,27,28)/t14?,15-,16+. The Morgan fingerprint density at radius 3 is 2.69 bits per heavy atom. The zero-order chi connectivity index (χ0) is 21.8. The highest BCUT2D eigenvalue weighted by molar-refractivity contribution is 5.80. The molecule has 2 aliphatic rings. The van der Waals surface area contributed by atoms with Crippen LogP contribution in [-0.4, -0.2) is 49.4 Å². The van der Waals surface area contributed by atoms with Crippen LogP contribution in [0.1, 0.15) is 25.7 Å². The van der Waals surface area contributed by atoms with Crippen LogP contribution in [0, 0.1) is 11.6 Å². The molecule has 7 nitrogen and oxygen atoms in total. The van der Waals surface area contributed by atoms with Crippen LogP contribution in [-0.2, 0) is 0 Å². The average Bonchev–Trinajstić information content (AvgIpc) is 3.40. The molecule has 2 saturated heterocycles. The van der Waals surface area contributed by atoms with Crippen molar-refractivity contribution < 1.29 is 13.2 Å². The van der Waals surface area contributed by atoms with E-state index >= 15 is 0 Å². The van der Waals surface area contributed by atoms with E-state index in [-0.39, 0.29) is 5.56 Å². The number of anilines is 1. The number of aromatic nitrogens is 4. The molecule has 4 aromatic rings. The highest BCUT2D eigenvalue weighted by atomic mass is 19.1. The fourth-order valence-corrected chi connectivity index (χ4v) is 5.17. The van der Waals surface area contributed by atoms with E-state index in [0.717, 1.165) is 18.9 Å². The highest BCUT2D eigenvalue weighted by Crippen LogP contribution is 2.36. The maximum Gasteiger partial charge on any atom is 0.306 e. The second-order valence-electron chi connectivity index (χ2n) is 8.62. The van der Waals surface area contributed by atoms with E-state index < -0.39 is 11.6 Å². The molecule has 2 bridgehead atoms. The van der Waals surface area contributed by atoms with E-state index in [0.29, 0.717) is 47.0 Å². The minimum atomic E-state index is -0.693. The van der Waals surface area contributed by atoms with E-state index in [1.807, 2.05) is 0 Å². The molecule has 32 heavy (non-hydrogen) atoms.